The fourth-order valence-corrected chi connectivity index (χ4v) is 1.86. The van der Waals surface area contributed by atoms with E-state index in [9.17, 15) is 13.2 Å². The summed E-state index contributed by atoms with van der Waals surface area (Å²) in [6.07, 6.45) is 1.32. The molecule has 2 nitrogen and oxygen atoms in total. The zero-order valence-corrected chi connectivity index (χ0v) is 11.8. The van der Waals surface area contributed by atoms with Crippen LogP contribution in [0, 0.1) is 5.82 Å². The quantitative estimate of drug-likeness (QED) is 0.769. The molecule has 20 heavy (non-hydrogen) atoms. The number of hydrogen-bond acceptors (Lipinski definition) is 2. The fraction of sp³-hybridized carbons (Fsp3) is 0.400. The van der Waals surface area contributed by atoms with Gasteiger partial charge in [0, 0.05) is 24.5 Å². The average molecular weight is 284 g/mol. The van der Waals surface area contributed by atoms with Crippen molar-refractivity contribution in [1.29, 1.82) is 0 Å². The monoisotopic (exact) mass is 284 g/mol. The maximum atomic E-state index is 14.0. The largest absolute Gasteiger partial charge is 0.382 e. The van der Waals surface area contributed by atoms with E-state index in [2.05, 4.69) is 10.3 Å². The summed E-state index contributed by atoms with van der Waals surface area (Å²) < 4.78 is 39.4. The molecule has 0 radical (unpaired) electrons. The third kappa shape index (κ3) is 4.11. The van der Waals surface area contributed by atoms with E-state index in [4.69, 9.17) is 0 Å². The van der Waals surface area contributed by atoms with E-state index in [0.717, 1.165) is 11.8 Å². The number of rotatable bonds is 6. The van der Waals surface area contributed by atoms with Crippen molar-refractivity contribution in [3.8, 4) is 0 Å². The molecule has 1 aromatic rings. The maximum Gasteiger partial charge on any atom is 0.266 e. The number of benzene rings is 1. The Hall–Kier alpha value is -1.78. The van der Waals surface area contributed by atoms with Gasteiger partial charge in [0.2, 0.25) is 0 Å². The molecule has 5 heteroatoms. The first-order chi connectivity index (χ1) is 9.51. The van der Waals surface area contributed by atoms with E-state index in [1.807, 2.05) is 6.92 Å². The zero-order chi connectivity index (χ0) is 15.1. The summed E-state index contributed by atoms with van der Waals surface area (Å²) in [4.78, 5) is 3.84. The molecule has 0 saturated heterocycles. The van der Waals surface area contributed by atoms with Crippen molar-refractivity contribution in [1.82, 2.24) is 5.32 Å². The topological polar surface area (TPSA) is 24.4 Å². The van der Waals surface area contributed by atoms with Crippen molar-refractivity contribution >= 4 is 6.21 Å². The van der Waals surface area contributed by atoms with Crippen LogP contribution in [0.4, 0.5) is 13.2 Å². The van der Waals surface area contributed by atoms with E-state index < -0.39 is 23.8 Å². The van der Waals surface area contributed by atoms with Gasteiger partial charge in [-0.2, -0.15) is 0 Å². The molecule has 0 aromatic heterocycles. The highest BCUT2D eigenvalue weighted by atomic mass is 19.3. The van der Waals surface area contributed by atoms with Gasteiger partial charge in [-0.3, -0.25) is 4.99 Å². The van der Waals surface area contributed by atoms with Crippen LogP contribution < -0.4 is 5.32 Å². The van der Waals surface area contributed by atoms with Crippen LogP contribution in [0.1, 0.15) is 43.9 Å². The van der Waals surface area contributed by atoms with Crippen LogP contribution in [0.3, 0.4) is 0 Å². The van der Waals surface area contributed by atoms with Crippen molar-refractivity contribution in [3.05, 3.63) is 46.9 Å². The minimum absolute atomic E-state index is 0.232. The number of hydrogen-bond donors (Lipinski definition) is 1. The molecule has 0 bridgehead atoms. The Labute approximate surface area is 117 Å². The first kappa shape index (κ1) is 16.3. The highest BCUT2D eigenvalue weighted by molar-refractivity contribution is 5.71. The van der Waals surface area contributed by atoms with E-state index >= 15 is 0 Å². The minimum Gasteiger partial charge on any atom is -0.382 e. The molecule has 1 aromatic carbocycles. The summed E-state index contributed by atoms with van der Waals surface area (Å²) in [6.45, 7) is 3.68. The Morgan fingerprint density at radius 2 is 2.00 bits per heavy atom. The van der Waals surface area contributed by atoms with Gasteiger partial charge in [0.15, 0.2) is 0 Å². The summed E-state index contributed by atoms with van der Waals surface area (Å²) >= 11 is 0. The highest BCUT2D eigenvalue weighted by Gasteiger charge is 2.19. The Bertz CT molecular complexity index is 496. The molecular weight excluding hydrogens is 265 g/mol. The average Bonchev–Trinajstić information content (AvgIpc) is 2.43. The summed E-state index contributed by atoms with van der Waals surface area (Å²) in [5, 5.41) is 3.11. The summed E-state index contributed by atoms with van der Waals surface area (Å²) in [6, 6.07) is 3.67. The number of alkyl halides is 2. The molecule has 0 unspecified atom stereocenters. The molecule has 1 atom stereocenters. The van der Waals surface area contributed by atoms with Gasteiger partial charge < -0.3 is 5.32 Å². The van der Waals surface area contributed by atoms with Crippen molar-refractivity contribution in [2.24, 2.45) is 4.99 Å². The number of nitrogens with one attached hydrogen (secondary N) is 1. The second-order valence-corrected chi connectivity index (χ2v) is 4.37. The van der Waals surface area contributed by atoms with Crippen LogP contribution in [0.25, 0.3) is 0 Å². The molecule has 0 aliphatic heterocycles. The Morgan fingerprint density at radius 3 is 2.55 bits per heavy atom. The minimum atomic E-state index is -2.81. The zero-order valence-electron chi connectivity index (χ0n) is 11.8. The fourth-order valence-electron chi connectivity index (χ4n) is 1.86. The van der Waals surface area contributed by atoms with Crippen molar-refractivity contribution in [3.63, 3.8) is 0 Å². The molecule has 110 valence electrons. The second-order valence-electron chi connectivity index (χ2n) is 4.37. The van der Waals surface area contributed by atoms with Crippen LogP contribution in [-0.4, -0.2) is 13.3 Å². The normalized spacial score (nSPS) is 14.1. The standard InChI is InChI=1S/C15H19F3N2/c1-4-11(8-9-19-3)20-10(2)12-6-5-7-13(14(12)16)15(17)18/h5-10,15,20H,4H2,1-3H3/b11-8+,19-9?/t10-/m1/s1. The van der Waals surface area contributed by atoms with Crippen LogP contribution in [0.5, 0.6) is 0 Å². The first-order valence-electron chi connectivity index (χ1n) is 6.45. The van der Waals surface area contributed by atoms with E-state index in [1.165, 1.54) is 12.1 Å². The van der Waals surface area contributed by atoms with Crippen LogP contribution >= 0.6 is 0 Å². The molecule has 0 saturated carbocycles. The maximum absolute atomic E-state index is 14.0. The number of aliphatic imine (C=N–C) groups is 1. The van der Waals surface area contributed by atoms with Gasteiger partial charge in [0.1, 0.15) is 5.82 Å². The van der Waals surface area contributed by atoms with Gasteiger partial charge in [0.05, 0.1) is 11.6 Å². The van der Waals surface area contributed by atoms with Crippen LogP contribution in [0.2, 0.25) is 0 Å². The number of allylic oxidation sites excluding steroid dienone is 2. The lowest BCUT2D eigenvalue weighted by Crippen LogP contribution is -2.19. The van der Waals surface area contributed by atoms with Crippen molar-refractivity contribution in [2.45, 2.75) is 32.7 Å². The molecule has 0 spiro atoms. The SMILES string of the molecule is CC/C(=C\C=NC)N[C@H](C)c1cccc(C(F)F)c1F. The summed E-state index contributed by atoms with van der Waals surface area (Å²) in [7, 11) is 1.65. The smallest absolute Gasteiger partial charge is 0.266 e. The first-order valence-corrected chi connectivity index (χ1v) is 6.45. The molecule has 0 aliphatic carbocycles. The highest BCUT2D eigenvalue weighted by Crippen LogP contribution is 2.27. The lowest BCUT2D eigenvalue weighted by molar-refractivity contribution is 0.146. The third-order valence-electron chi connectivity index (χ3n) is 2.97. The number of halogens is 3. The second kappa shape index (κ2) is 7.72. The lowest BCUT2D eigenvalue weighted by atomic mass is 10.0. The summed E-state index contributed by atoms with van der Waals surface area (Å²) in [5.41, 5.74) is 0.536. The van der Waals surface area contributed by atoms with Crippen LogP contribution in [0.15, 0.2) is 35.0 Å². The molecule has 0 aliphatic rings. The van der Waals surface area contributed by atoms with Gasteiger partial charge in [-0.1, -0.05) is 25.1 Å². The predicted molar refractivity (Wildman–Crippen MR) is 75.7 cm³/mol. The Kier molecular flexibility index (Phi) is 6.28. The van der Waals surface area contributed by atoms with E-state index in [-0.39, 0.29) is 5.56 Å². The van der Waals surface area contributed by atoms with E-state index in [1.54, 1.807) is 26.3 Å². The van der Waals surface area contributed by atoms with E-state index in [0.29, 0.717) is 6.42 Å². The molecule has 0 amide bonds. The molecule has 0 heterocycles. The van der Waals surface area contributed by atoms with Gasteiger partial charge in [-0.25, -0.2) is 13.2 Å². The van der Waals surface area contributed by atoms with Crippen LogP contribution in [-0.2, 0) is 0 Å². The molecular formula is C15H19F3N2. The Balaban J connectivity index is 2.98. The van der Waals surface area contributed by atoms with Gasteiger partial charge in [-0.15, -0.1) is 0 Å². The molecule has 1 N–H and O–H groups in total. The van der Waals surface area contributed by atoms with Gasteiger partial charge >= 0.3 is 0 Å². The Morgan fingerprint density at radius 1 is 1.35 bits per heavy atom. The molecule has 0 fully saturated rings. The lowest BCUT2D eigenvalue weighted by Gasteiger charge is -2.19. The molecule has 1 rings (SSSR count). The summed E-state index contributed by atoms with van der Waals surface area (Å²) in [5.74, 6) is -0.845. The van der Waals surface area contributed by atoms with Gasteiger partial charge in [-0.05, 0) is 19.4 Å². The van der Waals surface area contributed by atoms with Crippen molar-refractivity contribution in [2.75, 3.05) is 7.05 Å². The number of nitrogens with zero attached hydrogens (tertiary/aromatic N) is 1. The van der Waals surface area contributed by atoms with Crippen molar-refractivity contribution < 1.29 is 13.2 Å². The van der Waals surface area contributed by atoms with Gasteiger partial charge in [0.25, 0.3) is 6.43 Å². The third-order valence-corrected chi connectivity index (χ3v) is 2.97. The predicted octanol–water partition coefficient (Wildman–Crippen LogP) is 4.41.